The standard InChI is InChI=1S/C20H26O7/c1-8-10-5-11(13(8)14-9(2)16(21)27-18(14)23)12(6-10)17(22)26-15-19(24)25-7-20(15,3)4/h8-15H,5-7H2,1-4H3. The Kier molecular flexibility index (Phi) is 4.13. The summed E-state index contributed by atoms with van der Waals surface area (Å²) in [5.74, 6) is -2.69. The van der Waals surface area contributed by atoms with Crippen LogP contribution in [-0.2, 0) is 33.4 Å². The van der Waals surface area contributed by atoms with Crippen molar-refractivity contribution < 1.29 is 33.4 Å². The van der Waals surface area contributed by atoms with Crippen LogP contribution in [-0.4, -0.2) is 36.6 Å². The van der Waals surface area contributed by atoms with Gasteiger partial charge in [-0.2, -0.15) is 0 Å². The highest BCUT2D eigenvalue weighted by Crippen LogP contribution is 2.59. The molecule has 0 amide bonds. The van der Waals surface area contributed by atoms with E-state index in [9.17, 15) is 19.2 Å². The van der Waals surface area contributed by atoms with Crippen molar-refractivity contribution in [2.45, 2.75) is 46.6 Å². The lowest BCUT2D eigenvalue weighted by molar-refractivity contribution is -0.169. The van der Waals surface area contributed by atoms with Crippen LogP contribution in [0.4, 0.5) is 0 Å². The van der Waals surface area contributed by atoms with Crippen molar-refractivity contribution in [2.75, 3.05) is 6.61 Å². The van der Waals surface area contributed by atoms with Gasteiger partial charge in [0.25, 0.3) is 0 Å². The summed E-state index contributed by atoms with van der Waals surface area (Å²) in [4.78, 5) is 49.0. The van der Waals surface area contributed by atoms with Gasteiger partial charge in [-0.15, -0.1) is 0 Å². The molecule has 0 aromatic carbocycles. The highest BCUT2D eigenvalue weighted by molar-refractivity contribution is 5.96. The summed E-state index contributed by atoms with van der Waals surface area (Å²) < 4.78 is 15.5. The molecule has 2 aliphatic carbocycles. The van der Waals surface area contributed by atoms with Gasteiger partial charge in [0.15, 0.2) is 0 Å². The van der Waals surface area contributed by atoms with E-state index in [4.69, 9.17) is 14.2 Å². The third-order valence-electron chi connectivity index (χ3n) is 7.34. The first kappa shape index (κ1) is 18.4. The van der Waals surface area contributed by atoms with E-state index in [1.54, 1.807) is 6.92 Å². The summed E-state index contributed by atoms with van der Waals surface area (Å²) in [6.07, 6.45) is 0.652. The van der Waals surface area contributed by atoms with E-state index in [0.717, 1.165) is 6.42 Å². The maximum Gasteiger partial charge on any atom is 0.348 e. The van der Waals surface area contributed by atoms with Crippen molar-refractivity contribution in [1.29, 1.82) is 0 Å². The number of carbonyl (C=O) groups is 4. The average molecular weight is 378 g/mol. The highest BCUT2D eigenvalue weighted by Gasteiger charge is 2.61. The van der Waals surface area contributed by atoms with Gasteiger partial charge in [-0.25, -0.2) is 4.79 Å². The fourth-order valence-electron chi connectivity index (χ4n) is 5.77. The molecule has 148 valence electrons. The molecule has 7 heteroatoms. The maximum absolute atomic E-state index is 12.9. The first-order valence-corrected chi connectivity index (χ1v) is 9.74. The largest absolute Gasteiger partial charge is 0.462 e. The zero-order valence-corrected chi connectivity index (χ0v) is 16.1. The van der Waals surface area contributed by atoms with E-state index in [1.807, 2.05) is 13.8 Å². The molecule has 8 atom stereocenters. The lowest BCUT2D eigenvalue weighted by Crippen LogP contribution is -2.42. The zero-order chi connectivity index (χ0) is 19.7. The number of fused-ring (bicyclic) bond motifs is 2. The van der Waals surface area contributed by atoms with E-state index >= 15 is 0 Å². The van der Waals surface area contributed by atoms with Gasteiger partial charge in [0, 0.05) is 5.41 Å². The molecule has 2 saturated carbocycles. The molecule has 0 aromatic rings. The number of esters is 4. The normalized spacial score (nSPS) is 45.1. The molecule has 0 radical (unpaired) electrons. The summed E-state index contributed by atoms with van der Waals surface area (Å²) >= 11 is 0. The van der Waals surface area contributed by atoms with Crippen LogP contribution in [0.1, 0.15) is 40.5 Å². The molecule has 4 aliphatic rings. The molecule has 2 saturated heterocycles. The monoisotopic (exact) mass is 378 g/mol. The Morgan fingerprint density at radius 2 is 1.78 bits per heavy atom. The van der Waals surface area contributed by atoms with Gasteiger partial charge in [-0.1, -0.05) is 27.7 Å². The van der Waals surface area contributed by atoms with Gasteiger partial charge in [-0.3, -0.25) is 14.4 Å². The van der Waals surface area contributed by atoms with Gasteiger partial charge in [-0.05, 0) is 36.5 Å². The molecule has 8 unspecified atom stereocenters. The maximum atomic E-state index is 12.9. The van der Waals surface area contributed by atoms with E-state index in [-0.39, 0.29) is 36.2 Å². The zero-order valence-electron chi connectivity index (χ0n) is 16.1. The van der Waals surface area contributed by atoms with Crippen LogP contribution in [0.5, 0.6) is 0 Å². The quantitative estimate of drug-likeness (QED) is 0.419. The summed E-state index contributed by atoms with van der Waals surface area (Å²) in [5.41, 5.74) is -0.548. The molecule has 2 bridgehead atoms. The second kappa shape index (κ2) is 6.04. The van der Waals surface area contributed by atoms with Crippen LogP contribution < -0.4 is 0 Å². The Morgan fingerprint density at radius 3 is 2.30 bits per heavy atom. The minimum Gasteiger partial charge on any atom is -0.462 e. The molecule has 7 nitrogen and oxygen atoms in total. The third-order valence-corrected chi connectivity index (χ3v) is 7.34. The smallest absolute Gasteiger partial charge is 0.348 e. The SMILES string of the molecule is CC1C(=O)OC(=O)C1C1C(C)C2CC(C(=O)OC3C(=O)OCC3(C)C)C1C2. The van der Waals surface area contributed by atoms with Crippen molar-refractivity contribution in [2.24, 2.45) is 46.8 Å². The fraction of sp³-hybridized carbons (Fsp3) is 0.800. The van der Waals surface area contributed by atoms with Crippen LogP contribution in [0, 0.1) is 46.8 Å². The van der Waals surface area contributed by atoms with Gasteiger partial charge in [0.1, 0.15) is 6.61 Å². The molecule has 27 heavy (non-hydrogen) atoms. The number of carbonyl (C=O) groups excluding carboxylic acids is 4. The summed E-state index contributed by atoms with van der Waals surface area (Å²) in [7, 11) is 0. The van der Waals surface area contributed by atoms with Crippen LogP contribution in [0.2, 0.25) is 0 Å². The van der Waals surface area contributed by atoms with E-state index in [1.165, 1.54) is 0 Å². The first-order chi connectivity index (χ1) is 12.6. The molecule has 0 aromatic heterocycles. The molecule has 0 spiro atoms. The van der Waals surface area contributed by atoms with Crippen molar-refractivity contribution in [3.8, 4) is 0 Å². The van der Waals surface area contributed by atoms with Crippen LogP contribution in [0.25, 0.3) is 0 Å². The van der Waals surface area contributed by atoms with Crippen molar-refractivity contribution in [3.63, 3.8) is 0 Å². The van der Waals surface area contributed by atoms with E-state index in [2.05, 4.69) is 6.92 Å². The summed E-state index contributed by atoms with van der Waals surface area (Å²) in [6, 6.07) is 0. The molecule has 4 rings (SSSR count). The lowest BCUT2D eigenvalue weighted by atomic mass is 9.66. The topological polar surface area (TPSA) is 96.0 Å². The minimum atomic E-state index is -0.892. The Balaban J connectivity index is 1.52. The van der Waals surface area contributed by atoms with Gasteiger partial charge in [0.05, 0.1) is 17.8 Å². The predicted octanol–water partition coefficient (Wildman–Crippen LogP) is 1.73. The number of rotatable bonds is 3. The second-order valence-electron chi connectivity index (χ2n) is 9.41. The summed E-state index contributed by atoms with van der Waals surface area (Å²) in [5, 5.41) is 0. The number of cyclic esters (lactones) is 3. The van der Waals surface area contributed by atoms with Crippen molar-refractivity contribution in [3.05, 3.63) is 0 Å². The third kappa shape index (κ3) is 2.69. The Morgan fingerprint density at radius 1 is 1.07 bits per heavy atom. The molecule has 2 aliphatic heterocycles. The first-order valence-electron chi connectivity index (χ1n) is 9.74. The van der Waals surface area contributed by atoms with E-state index < -0.39 is 41.3 Å². The Hall–Kier alpha value is -1.92. The predicted molar refractivity (Wildman–Crippen MR) is 90.7 cm³/mol. The average Bonchev–Trinajstić information content (AvgIpc) is 3.28. The molecule has 4 fully saturated rings. The molecular formula is C20H26O7. The molecular weight excluding hydrogens is 352 g/mol. The number of ether oxygens (including phenoxy) is 3. The Labute approximate surface area is 158 Å². The van der Waals surface area contributed by atoms with Crippen molar-refractivity contribution in [1.82, 2.24) is 0 Å². The number of hydrogen-bond acceptors (Lipinski definition) is 7. The summed E-state index contributed by atoms with van der Waals surface area (Å²) in [6.45, 7) is 7.72. The molecule has 0 N–H and O–H groups in total. The Bertz CT molecular complexity index is 711. The highest BCUT2D eigenvalue weighted by atomic mass is 16.6. The van der Waals surface area contributed by atoms with Crippen LogP contribution >= 0.6 is 0 Å². The van der Waals surface area contributed by atoms with Crippen LogP contribution in [0.3, 0.4) is 0 Å². The fourth-order valence-corrected chi connectivity index (χ4v) is 5.77. The minimum absolute atomic E-state index is 0.0241. The van der Waals surface area contributed by atoms with Gasteiger partial charge in [0.2, 0.25) is 6.10 Å². The van der Waals surface area contributed by atoms with E-state index in [0.29, 0.717) is 12.3 Å². The lowest BCUT2D eigenvalue weighted by Gasteiger charge is -2.36. The van der Waals surface area contributed by atoms with Crippen molar-refractivity contribution >= 4 is 23.9 Å². The second-order valence-corrected chi connectivity index (χ2v) is 9.41. The van der Waals surface area contributed by atoms with Crippen LogP contribution in [0.15, 0.2) is 0 Å². The van der Waals surface area contributed by atoms with Gasteiger partial charge >= 0.3 is 23.9 Å². The van der Waals surface area contributed by atoms with Gasteiger partial charge < -0.3 is 14.2 Å². The molecule has 2 heterocycles. The number of hydrogen-bond donors (Lipinski definition) is 0.